The molecule has 27 heavy (non-hydrogen) atoms. The van der Waals surface area contributed by atoms with Crippen molar-refractivity contribution in [2.24, 2.45) is 0 Å². The standard InChI is InChI=1S/C24H30NO2/c1-18-10-11-21(17-19(18)2)23(26)8-6-14-25-15-12-20(13-16-25)22-7-4-5-9-24(22)27-3/h4-5,7,10-11,17,20H,6,8,12-16H2,1-3H3. The quantitative estimate of drug-likeness (QED) is 0.651. The zero-order valence-electron chi connectivity index (χ0n) is 16.8. The van der Waals surface area contributed by atoms with Gasteiger partial charge in [0.05, 0.1) is 7.11 Å². The largest absolute Gasteiger partial charge is 0.496 e. The lowest BCUT2D eigenvalue weighted by Crippen LogP contribution is -2.34. The first-order valence-corrected chi connectivity index (χ1v) is 9.96. The number of para-hydroxylation sites is 1. The molecule has 0 amide bonds. The zero-order valence-corrected chi connectivity index (χ0v) is 16.8. The fourth-order valence-corrected chi connectivity index (χ4v) is 3.92. The van der Waals surface area contributed by atoms with E-state index in [1.807, 2.05) is 30.3 Å². The van der Waals surface area contributed by atoms with Gasteiger partial charge in [-0.3, -0.25) is 4.79 Å². The molecule has 3 rings (SSSR count). The van der Waals surface area contributed by atoms with Crippen LogP contribution in [0.25, 0.3) is 0 Å². The number of nitrogens with zero attached hydrogens (tertiary/aromatic N) is 1. The molecule has 143 valence electrons. The van der Waals surface area contributed by atoms with E-state index in [1.165, 1.54) is 16.7 Å². The molecule has 0 aliphatic carbocycles. The maximum atomic E-state index is 12.4. The van der Waals surface area contributed by atoms with Gasteiger partial charge < -0.3 is 9.64 Å². The highest BCUT2D eigenvalue weighted by atomic mass is 16.5. The Kier molecular flexibility index (Phi) is 6.68. The third-order valence-corrected chi connectivity index (χ3v) is 5.79. The van der Waals surface area contributed by atoms with Gasteiger partial charge in [-0.2, -0.15) is 0 Å². The highest BCUT2D eigenvalue weighted by molar-refractivity contribution is 5.96. The maximum Gasteiger partial charge on any atom is 0.162 e. The van der Waals surface area contributed by atoms with Gasteiger partial charge in [0.25, 0.3) is 0 Å². The minimum absolute atomic E-state index is 0.262. The average molecular weight is 365 g/mol. The number of piperidine rings is 1. The summed E-state index contributed by atoms with van der Waals surface area (Å²) in [5.74, 6) is 1.69. The first kappa shape index (κ1) is 19.6. The number of aryl methyl sites for hydroxylation is 2. The van der Waals surface area contributed by atoms with Crippen LogP contribution in [0.4, 0.5) is 0 Å². The SMILES string of the molecule is COc1[c]cccc1C1CCN(CCCC(=O)c2ccc(C)c(C)c2)CC1. The fraction of sp³-hybridized carbons (Fsp3) is 0.458. The molecular weight excluding hydrogens is 334 g/mol. The van der Waals surface area contributed by atoms with Crippen LogP contribution in [0.1, 0.15) is 58.6 Å². The van der Waals surface area contributed by atoms with Gasteiger partial charge in [-0.15, -0.1) is 0 Å². The molecule has 0 atom stereocenters. The number of benzene rings is 2. The van der Waals surface area contributed by atoms with Gasteiger partial charge in [0.15, 0.2) is 5.78 Å². The Hall–Kier alpha value is -2.13. The second kappa shape index (κ2) is 9.18. The predicted molar refractivity (Wildman–Crippen MR) is 110 cm³/mol. The molecule has 1 saturated heterocycles. The number of hydrogen-bond donors (Lipinski definition) is 0. The molecular formula is C24H30NO2. The number of hydrogen-bond acceptors (Lipinski definition) is 3. The van der Waals surface area contributed by atoms with Crippen LogP contribution in [0.3, 0.4) is 0 Å². The van der Waals surface area contributed by atoms with E-state index in [2.05, 4.69) is 30.9 Å². The van der Waals surface area contributed by atoms with Crippen molar-refractivity contribution in [3.8, 4) is 5.75 Å². The van der Waals surface area contributed by atoms with E-state index in [4.69, 9.17) is 4.74 Å². The third kappa shape index (κ3) is 4.98. The van der Waals surface area contributed by atoms with Crippen LogP contribution in [0.5, 0.6) is 5.75 Å². The van der Waals surface area contributed by atoms with Crippen LogP contribution in [0.2, 0.25) is 0 Å². The summed E-state index contributed by atoms with van der Waals surface area (Å²) in [7, 11) is 1.72. The number of carbonyl (C=O) groups is 1. The molecule has 0 N–H and O–H groups in total. The highest BCUT2D eigenvalue weighted by Gasteiger charge is 2.22. The fourth-order valence-electron chi connectivity index (χ4n) is 3.92. The normalized spacial score (nSPS) is 15.7. The molecule has 3 nitrogen and oxygen atoms in total. The first-order valence-electron chi connectivity index (χ1n) is 9.96. The van der Waals surface area contributed by atoms with E-state index in [0.717, 1.165) is 50.2 Å². The Morgan fingerprint density at radius 2 is 1.96 bits per heavy atom. The lowest BCUT2D eigenvalue weighted by Gasteiger charge is -2.32. The molecule has 0 bridgehead atoms. The van der Waals surface area contributed by atoms with Crippen molar-refractivity contribution < 1.29 is 9.53 Å². The van der Waals surface area contributed by atoms with Crippen LogP contribution in [0.15, 0.2) is 36.4 Å². The van der Waals surface area contributed by atoms with E-state index in [-0.39, 0.29) is 5.78 Å². The predicted octanol–water partition coefficient (Wildman–Crippen LogP) is 4.95. The number of likely N-dealkylation sites (tertiary alicyclic amines) is 1. The number of rotatable bonds is 7. The van der Waals surface area contributed by atoms with E-state index in [1.54, 1.807) is 7.11 Å². The molecule has 1 radical (unpaired) electrons. The number of carbonyl (C=O) groups excluding carboxylic acids is 1. The van der Waals surface area contributed by atoms with Crippen LogP contribution in [-0.2, 0) is 0 Å². The van der Waals surface area contributed by atoms with Crippen molar-refractivity contribution in [1.29, 1.82) is 0 Å². The van der Waals surface area contributed by atoms with Gasteiger partial charge in [0.1, 0.15) is 5.75 Å². The maximum absolute atomic E-state index is 12.4. The van der Waals surface area contributed by atoms with Crippen LogP contribution in [-0.4, -0.2) is 37.4 Å². The summed E-state index contributed by atoms with van der Waals surface area (Å²) in [5.41, 5.74) is 4.56. The van der Waals surface area contributed by atoms with Crippen molar-refractivity contribution in [2.75, 3.05) is 26.7 Å². The lowest BCUT2D eigenvalue weighted by atomic mass is 9.88. The van der Waals surface area contributed by atoms with E-state index in [9.17, 15) is 4.79 Å². The van der Waals surface area contributed by atoms with Crippen LogP contribution in [0, 0.1) is 19.9 Å². The van der Waals surface area contributed by atoms with Crippen molar-refractivity contribution in [3.05, 3.63) is 64.7 Å². The summed E-state index contributed by atoms with van der Waals surface area (Å²) in [4.78, 5) is 14.9. The van der Waals surface area contributed by atoms with Crippen LogP contribution >= 0.6 is 0 Å². The lowest BCUT2D eigenvalue weighted by molar-refractivity contribution is 0.0972. The molecule has 1 heterocycles. The second-order valence-electron chi connectivity index (χ2n) is 7.60. The van der Waals surface area contributed by atoms with Gasteiger partial charge in [-0.05, 0) is 81.4 Å². The number of methoxy groups -OCH3 is 1. The summed E-state index contributed by atoms with van der Waals surface area (Å²) >= 11 is 0. The first-order chi connectivity index (χ1) is 13.1. The Morgan fingerprint density at radius 1 is 1.19 bits per heavy atom. The topological polar surface area (TPSA) is 29.5 Å². The summed E-state index contributed by atoms with van der Waals surface area (Å²) in [6.07, 6.45) is 3.83. The number of ether oxygens (including phenoxy) is 1. The van der Waals surface area contributed by atoms with Crippen molar-refractivity contribution in [2.45, 2.75) is 45.4 Å². The molecule has 0 saturated carbocycles. The van der Waals surface area contributed by atoms with E-state index < -0.39 is 0 Å². The van der Waals surface area contributed by atoms with Gasteiger partial charge in [-0.25, -0.2) is 0 Å². The van der Waals surface area contributed by atoms with Gasteiger partial charge in [-0.1, -0.05) is 30.3 Å². The van der Waals surface area contributed by atoms with Crippen LogP contribution < -0.4 is 4.74 Å². The monoisotopic (exact) mass is 364 g/mol. The van der Waals surface area contributed by atoms with Crippen molar-refractivity contribution in [3.63, 3.8) is 0 Å². The number of ketones is 1. The second-order valence-corrected chi connectivity index (χ2v) is 7.60. The molecule has 3 heteroatoms. The van der Waals surface area contributed by atoms with Gasteiger partial charge in [0.2, 0.25) is 0 Å². The molecule has 1 fully saturated rings. The molecule has 0 aromatic heterocycles. The molecule has 2 aromatic rings. The minimum atomic E-state index is 0.262. The molecule has 2 aromatic carbocycles. The molecule has 0 spiro atoms. The summed E-state index contributed by atoms with van der Waals surface area (Å²) in [5, 5.41) is 0. The molecule has 1 aliphatic rings. The Bertz CT molecular complexity index is 776. The van der Waals surface area contributed by atoms with Gasteiger partial charge in [0, 0.05) is 18.1 Å². The van der Waals surface area contributed by atoms with E-state index >= 15 is 0 Å². The Morgan fingerprint density at radius 3 is 2.67 bits per heavy atom. The van der Waals surface area contributed by atoms with Gasteiger partial charge >= 0.3 is 0 Å². The minimum Gasteiger partial charge on any atom is -0.496 e. The summed E-state index contributed by atoms with van der Waals surface area (Å²) in [6, 6.07) is 15.3. The molecule has 0 unspecified atom stereocenters. The third-order valence-electron chi connectivity index (χ3n) is 5.79. The number of Topliss-reactive ketones (excluding diaryl/α,β-unsaturated/α-hetero) is 1. The summed E-state index contributed by atoms with van der Waals surface area (Å²) in [6.45, 7) is 7.31. The van der Waals surface area contributed by atoms with Crippen molar-refractivity contribution >= 4 is 5.78 Å². The summed E-state index contributed by atoms with van der Waals surface area (Å²) < 4.78 is 5.47. The smallest absolute Gasteiger partial charge is 0.162 e. The van der Waals surface area contributed by atoms with E-state index in [0.29, 0.717) is 12.3 Å². The Labute approximate surface area is 163 Å². The average Bonchev–Trinajstić information content (AvgIpc) is 2.70. The van der Waals surface area contributed by atoms with Crippen molar-refractivity contribution in [1.82, 2.24) is 4.90 Å². The zero-order chi connectivity index (χ0) is 19.2. The highest BCUT2D eigenvalue weighted by Crippen LogP contribution is 2.33. The Balaban J connectivity index is 1.44. The molecule has 1 aliphatic heterocycles.